The molecule has 2 heteroatoms. The van der Waals surface area contributed by atoms with Gasteiger partial charge in [0.05, 0.1) is 7.11 Å². The van der Waals surface area contributed by atoms with E-state index in [2.05, 4.69) is 36.4 Å². The fourth-order valence-electron chi connectivity index (χ4n) is 4.94. The van der Waals surface area contributed by atoms with E-state index in [1.54, 1.807) is 0 Å². The highest BCUT2D eigenvalue weighted by Crippen LogP contribution is 2.80. The van der Waals surface area contributed by atoms with Crippen molar-refractivity contribution < 1.29 is 9.53 Å². The SMILES string of the molecule is COC(=O)C12c3ccccc3[C@@H]3C1[C@@H]3c1ccccc12. The maximum absolute atomic E-state index is 12.7. The minimum atomic E-state index is -0.544. The second kappa shape index (κ2) is 3.14. The van der Waals surface area contributed by atoms with Crippen molar-refractivity contribution in [2.24, 2.45) is 5.92 Å². The van der Waals surface area contributed by atoms with Gasteiger partial charge in [0.25, 0.3) is 0 Å². The van der Waals surface area contributed by atoms with Crippen LogP contribution in [0.1, 0.15) is 34.1 Å². The van der Waals surface area contributed by atoms with Gasteiger partial charge in [0.15, 0.2) is 0 Å². The highest BCUT2D eigenvalue weighted by Gasteiger charge is 2.77. The first kappa shape index (κ1) is 10.7. The summed E-state index contributed by atoms with van der Waals surface area (Å²) in [5.74, 6) is 1.31. The van der Waals surface area contributed by atoms with Crippen LogP contribution in [0.15, 0.2) is 48.5 Å². The molecule has 2 unspecified atom stereocenters. The van der Waals surface area contributed by atoms with Gasteiger partial charge in [-0.25, -0.2) is 0 Å². The number of methoxy groups -OCH3 is 1. The van der Waals surface area contributed by atoms with Crippen LogP contribution in [0.3, 0.4) is 0 Å². The molecule has 0 spiro atoms. The number of benzene rings is 2. The van der Waals surface area contributed by atoms with Crippen molar-refractivity contribution in [1.82, 2.24) is 0 Å². The molecular weight excluding hydrogens is 248 g/mol. The van der Waals surface area contributed by atoms with Gasteiger partial charge in [0, 0.05) is 0 Å². The van der Waals surface area contributed by atoms with Gasteiger partial charge in [-0.15, -0.1) is 0 Å². The zero-order chi connectivity index (χ0) is 13.5. The lowest BCUT2D eigenvalue weighted by Gasteiger charge is -2.27. The molecule has 2 aromatic rings. The zero-order valence-electron chi connectivity index (χ0n) is 11.2. The molecule has 0 N–H and O–H groups in total. The average Bonchev–Trinajstić information content (AvgIpc) is 3.10. The molecule has 2 nitrogen and oxygen atoms in total. The van der Waals surface area contributed by atoms with Crippen molar-refractivity contribution >= 4 is 5.97 Å². The Hall–Kier alpha value is -2.09. The molecule has 3 aliphatic carbocycles. The van der Waals surface area contributed by atoms with Crippen molar-refractivity contribution in [2.75, 3.05) is 7.11 Å². The van der Waals surface area contributed by atoms with Crippen molar-refractivity contribution in [3.63, 3.8) is 0 Å². The predicted octanol–water partition coefficient (Wildman–Crippen LogP) is 2.97. The molecule has 3 aliphatic rings. The van der Waals surface area contributed by atoms with E-state index in [4.69, 9.17) is 4.74 Å². The van der Waals surface area contributed by atoms with Gasteiger partial charge < -0.3 is 4.74 Å². The number of carbonyl (C=O) groups excluding carboxylic acids is 1. The molecule has 0 aliphatic heterocycles. The summed E-state index contributed by atoms with van der Waals surface area (Å²) in [6.07, 6.45) is 0. The third kappa shape index (κ3) is 0.866. The predicted molar refractivity (Wildman–Crippen MR) is 74.7 cm³/mol. The summed E-state index contributed by atoms with van der Waals surface area (Å²) in [5.41, 5.74) is 4.50. The van der Waals surface area contributed by atoms with Crippen LogP contribution in [-0.4, -0.2) is 13.1 Å². The normalized spacial score (nSPS) is 34.1. The van der Waals surface area contributed by atoms with Gasteiger partial charge in [-0.2, -0.15) is 0 Å². The molecule has 98 valence electrons. The Labute approximate surface area is 117 Å². The van der Waals surface area contributed by atoms with E-state index < -0.39 is 5.41 Å². The highest BCUT2D eigenvalue weighted by molar-refractivity contribution is 5.95. The van der Waals surface area contributed by atoms with Crippen LogP contribution < -0.4 is 0 Å². The Morgan fingerprint density at radius 2 is 1.45 bits per heavy atom. The molecule has 0 aromatic heterocycles. The molecule has 2 aromatic carbocycles. The van der Waals surface area contributed by atoms with Crippen molar-refractivity contribution in [1.29, 1.82) is 0 Å². The van der Waals surface area contributed by atoms with Gasteiger partial charge in [-0.1, -0.05) is 48.5 Å². The summed E-state index contributed by atoms with van der Waals surface area (Å²) in [4.78, 5) is 12.7. The Bertz CT molecular complexity index is 708. The molecule has 0 bridgehead atoms. The smallest absolute Gasteiger partial charge is 0.321 e. The number of hydrogen-bond acceptors (Lipinski definition) is 2. The van der Waals surface area contributed by atoms with Crippen molar-refractivity contribution in [3.05, 3.63) is 70.8 Å². The van der Waals surface area contributed by atoms with Crippen LogP contribution in [0.2, 0.25) is 0 Å². The zero-order valence-corrected chi connectivity index (χ0v) is 11.2. The minimum absolute atomic E-state index is 0.0927. The summed E-state index contributed by atoms with van der Waals surface area (Å²) in [6, 6.07) is 16.8. The molecule has 20 heavy (non-hydrogen) atoms. The second-order valence-electron chi connectivity index (χ2n) is 6.05. The van der Waals surface area contributed by atoms with Crippen LogP contribution in [0, 0.1) is 5.92 Å². The lowest BCUT2D eigenvalue weighted by Crippen LogP contribution is -2.37. The number of rotatable bonds is 1. The van der Waals surface area contributed by atoms with E-state index >= 15 is 0 Å². The highest BCUT2D eigenvalue weighted by atomic mass is 16.5. The van der Waals surface area contributed by atoms with E-state index in [1.165, 1.54) is 29.4 Å². The standard InChI is InChI=1S/C18H14O2/c1-20-17(19)18-12-8-4-2-6-10(12)14-15(16(14)18)11-7-3-5-9-13(11)18/h2-9,14-16H,1H3/t14-,15+,16?,18?. The molecule has 0 radical (unpaired) electrons. The van der Waals surface area contributed by atoms with E-state index in [0.29, 0.717) is 17.8 Å². The van der Waals surface area contributed by atoms with Crippen LogP contribution in [0.25, 0.3) is 0 Å². The summed E-state index contributed by atoms with van der Waals surface area (Å²) in [7, 11) is 1.51. The maximum Gasteiger partial charge on any atom is 0.321 e. The Kier molecular flexibility index (Phi) is 1.68. The van der Waals surface area contributed by atoms with E-state index in [9.17, 15) is 4.79 Å². The fraction of sp³-hybridized carbons (Fsp3) is 0.278. The summed E-state index contributed by atoms with van der Waals surface area (Å²) in [5, 5.41) is 0. The van der Waals surface area contributed by atoms with Gasteiger partial charge in [0.2, 0.25) is 0 Å². The molecule has 1 fully saturated rings. The maximum atomic E-state index is 12.7. The quantitative estimate of drug-likeness (QED) is 0.739. The third-order valence-corrected chi connectivity index (χ3v) is 5.52. The van der Waals surface area contributed by atoms with Crippen LogP contribution in [0.5, 0.6) is 0 Å². The molecule has 0 heterocycles. The van der Waals surface area contributed by atoms with Gasteiger partial charge >= 0.3 is 5.97 Å². The first-order valence-electron chi connectivity index (χ1n) is 7.09. The molecule has 0 saturated heterocycles. The van der Waals surface area contributed by atoms with Crippen molar-refractivity contribution in [3.8, 4) is 0 Å². The Morgan fingerprint density at radius 3 is 1.95 bits per heavy atom. The monoisotopic (exact) mass is 262 g/mol. The number of ether oxygens (including phenoxy) is 1. The number of hydrogen-bond donors (Lipinski definition) is 0. The molecule has 1 saturated carbocycles. The van der Waals surface area contributed by atoms with E-state index in [1.807, 2.05) is 12.1 Å². The van der Waals surface area contributed by atoms with Crippen LogP contribution >= 0.6 is 0 Å². The Balaban J connectivity index is 1.90. The average molecular weight is 262 g/mol. The Morgan fingerprint density at radius 1 is 0.950 bits per heavy atom. The van der Waals surface area contributed by atoms with Crippen LogP contribution in [-0.2, 0) is 14.9 Å². The molecule has 4 atom stereocenters. The fourth-order valence-corrected chi connectivity index (χ4v) is 4.94. The van der Waals surface area contributed by atoms with Crippen LogP contribution in [0.4, 0.5) is 0 Å². The lowest BCUT2D eigenvalue weighted by atomic mass is 9.75. The second-order valence-corrected chi connectivity index (χ2v) is 6.05. The minimum Gasteiger partial charge on any atom is -0.468 e. The van der Waals surface area contributed by atoms with Gasteiger partial charge in [0.1, 0.15) is 5.41 Å². The molecule has 0 amide bonds. The number of carbonyl (C=O) groups is 1. The summed E-state index contributed by atoms with van der Waals surface area (Å²) in [6.45, 7) is 0. The molecular formula is C18H14O2. The lowest BCUT2D eigenvalue weighted by molar-refractivity contribution is -0.146. The number of fused-ring (bicyclic) bond motifs is 7. The summed E-state index contributed by atoms with van der Waals surface area (Å²) >= 11 is 0. The van der Waals surface area contributed by atoms with E-state index in [0.717, 1.165) is 0 Å². The van der Waals surface area contributed by atoms with Crippen molar-refractivity contribution in [2.45, 2.75) is 17.3 Å². The summed E-state index contributed by atoms with van der Waals surface area (Å²) < 4.78 is 5.23. The third-order valence-electron chi connectivity index (χ3n) is 5.52. The first-order valence-corrected chi connectivity index (χ1v) is 7.09. The van der Waals surface area contributed by atoms with E-state index in [-0.39, 0.29) is 5.97 Å². The topological polar surface area (TPSA) is 26.3 Å². The first-order chi connectivity index (χ1) is 9.81. The largest absolute Gasteiger partial charge is 0.468 e. The number of esters is 1. The van der Waals surface area contributed by atoms with Gasteiger partial charge in [-0.05, 0) is 40.0 Å². The van der Waals surface area contributed by atoms with Gasteiger partial charge in [-0.3, -0.25) is 4.79 Å². The molecule has 5 rings (SSSR count).